The highest BCUT2D eigenvalue weighted by atomic mass is 16.5. The Morgan fingerprint density at radius 1 is 1.35 bits per heavy atom. The molecule has 5 heteroatoms. The van der Waals surface area contributed by atoms with Crippen LogP contribution in [0, 0.1) is 0 Å². The lowest BCUT2D eigenvalue weighted by Crippen LogP contribution is -2.31. The van der Waals surface area contributed by atoms with Gasteiger partial charge in [-0.05, 0) is 38.3 Å². The van der Waals surface area contributed by atoms with Gasteiger partial charge >= 0.3 is 5.97 Å². The van der Waals surface area contributed by atoms with Crippen molar-refractivity contribution in [2.45, 2.75) is 57.8 Å². The molecular formula is C21H26N2O3. The monoisotopic (exact) mass is 354 g/mol. The number of hydrogen-bond acceptors (Lipinski definition) is 4. The van der Waals surface area contributed by atoms with Gasteiger partial charge in [0.2, 0.25) is 0 Å². The quantitative estimate of drug-likeness (QED) is 0.852. The standard InChI is InChI=1S/C21H26N2O3/c1-14-11-18(16-7-3-4-9-20(16)26-14)22-13-15-12-17(21(24)25-2)19-8-5-6-10-23(15)19/h3-4,7,9,12,14,18,22H,5-6,8,10-11,13H2,1-2H3/t14-,18-/m1/s1. The fourth-order valence-corrected chi connectivity index (χ4v) is 4.21. The van der Waals surface area contributed by atoms with Crippen LogP contribution in [0.2, 0.25) is 0 Å². The predicted molar refractivity (Wildman–Crippen MR) is 99.4 cm³/mol. The molecule has 0 fully saturated rings. The summed E-state index contributed by atoms with van der Waals surface area (Å²) in [7, 11) is 1.45. The Morgan fingerprint density at radius 3 is 3.04 bits per heavy atom. The summed E-state index contributed by atoms with van der Waals surface area (Å²) < 4.78 is 13.2. The van der Waals surface area contributed by atoms with Crippen LogP contribution >= 0.6 is 0 Å². The fraction of sp³-hybridized carbons (Fsp3) is 0.476. The summed E-state index contributed by atoms with van der Waals surface area (Å²) in [5.41, 5.74) is 4.23. The summed E-state index contributed by atoms with van der Waals surface area (Å²) in [6, 6.07) is 10.5. The molecule has 0 saturated carbocycles. The highest BCUT2D eigenvalue weighted by molar-refractivity contribution is 5.91. The Balaban J connectivity index is 1.57. The third-order valence-electron chi connectivity index (χ3n) is 5.46. The third kappa shape index (κ3) is 3.12. The van der Waals surface area contributed by atoms with Crippen molar-refractivity contribution in [1.82, 2.24) is 9.88 Å². The fourth-order valence-electron chi connectivity index (χ4n) is 4.21. The predicted octanol–water partition coefficient (Wildman–Crippen LogP) is 3.61. The van der Waals surface area contributed by atoms with Crippen LogP contribution < -0.4 is 10.1 Å². The van der Waals surface area contributed by atoms with Crippen molar-refractivity contribution < 1.29 is 14.3 Å². The summed E-state index contributed by atoms with van der Waals surface area (Å²) in [6.07, 6.45) is 4.36. The second-order valence-electron chi connectivity index (χ2n) is 7.23. The molecule has 3 heterocycles. The number of esters is 1. The van der Waals surface area contributed by atoms with Crippen LogP contribution in [0.25, 0.3) is 0 Å². The van der Waals surface area contributed by atoms with Crippen molar-refractivity contribution in [2.24, 2.45) is 0 Å². The summed E-state index contributed by atoms with van der Waals surface area (Å²) in [5.74, 6) is 0.739. The third-order valence-corrected chi connectivity index (χ3v) is 5.46. The zero-order valence-electron chi connectivity index (χ0n) is 15.5. The molecule has 1 N–H and O–H groups in total. The van der Waals surface area contributed by atoms with Gasteiger partial charge in [0, 0.05) is 42.5 Å². The summed E-state index contributed by atoms with van der Waals surface area (Å²) >= 11 is 0. The Labute approximate surface area is 154 Å². The van der Waals surface area contributed by atoms with Gasteiger partial charge in [-0.2, -0.15) is 0 Å². The molecule has 1 aromatic heterocycles. The summed E-state index contributed by atoms with van der Waals surface area (Å²) in [4.78, 5) is 12.1. The first-order valence-electron chi connectivity index (χ1n) is 9.46. The molecule has 2 aliphatic rings. The molecule has 0 radical (unpaired) electrons. The van der Waals surface area contributed by atoms with E-state index < -0.39 is 0 Å². The summed E-state index contributed by atoms with van der Waals surface area (Å²) in [5, 5.41) is 3.69. The highest BCUT2D eigenvalue weighted by Gasteiger charge is 2.27. The maximum atomic E-state index is 12.1. The van der Waals surface area contributed by atoms with Crippen LogP contribution in [0.1, 0.15) is 59.5 Å². The zero-order chi connectivity index (χ0) is 18.1. The first-order chi connectivity index (χ1) is 12.7. The Bertz CT molecular complexity index is 812. The van der Waals surface area contributed by atoms with E-state index in [4.69, 9.17) is 9.47 Å². The van der Waals surface area contributed by atoms with Crippen LogP contribution in [0.15, 0.2) is 30.3 Å². The lowest BCUT2D eigenvalue weighted by molar-refractivity contribution is 0.0599. The average Bonchev–Trinajstić information content (AvgIpc) is 3.04. The molecular weight excluding hydrogens is 328 g/mol. The van der Waals surface area contributed by atoms with Crippen molar-refractivity contribution in [3.05, 3.63) is 52.8 Å². The topological polar surface area (TPSA) is 52.5 Å². The van der Waals surface area contributed by atoms with Gasteiger partial charge in [-0.1, -0.05) is 18.2 Å². The molecule has 2 aliphatic heterocycles. The second-order valence-corrected chi connectivity index (χ2v) is 7.23. The first kappa shape index (κ1) is 17.2. The Morgan fingerprint density at radius 2 is 2.19 bits per heavy atom. The molecule has 0 bridgehead atoms. The number of benzene rings is 1. The van der Waals surface area contributed by atoms with Crippen LogP contribution in [-0.2, 0) is 24.2 Å². The molecule has 0 saturated heterocycles. The lowest BCUT2D eigenvalue weighted by Gasteiger charge is -2.31. The van der Waals surface area contributed by atoms with E-state index in [0.717, 1.165) is 61.5 Å². The minimum Gasteiger partial charge on any atom is -0.490 e. The van der Waals surface area contributed by atoms with E-state index in [9.17, 15) is 4.79 Å². The van der Waals surface area contributed by atoms with E-state index in [0.29, 0.717) is 0 Å². The number of hydrogen-bond donors (Lipinski definition) is 1. The molecule has 2 aromatic rings. The molecule has 138 valence electrons. The first-order valence-corrected chi connectivity index (χ1v) is 9.46. The van der Waals surface area contributed by atoms with Crippen molar-refractivity contribution in [2.75, 3.05) is 7.11 Å². The molecule has 0 spiro atoms. The van der Waals surface area contributed by atoms with Gasteiger partial charge in [0.25, 0.3) is 0 Å². The Hall–Kier alpha value is -2.27. The number of aromatic nitrogens is 1. The van der Waals surface area contributed by atoms with Crippen LogP contribution in [0.5, 0.6) is 5.75 Å². The van der Waals surface area contributed by atoms with E-state index in [1.807, 2.05) is 18.2 Å². The number of ether oxygens (including phenoxy) is 2. The largest absolute Gasteiger partial charge is 0.490 e. The van der Waals surface area contributed by atoms with Crippen molar-refractivity contribution in [1.29, 1.82) is 0 Å². The van der Waals surface area contributed by atoms with Gasteiger partial charge in [0.15, 0.2) is 0 Å². The number of carbonyl (C=O) groups is 1. The van der Waals surface area contributed by atoms with Gasteiger partial charge in [0.1, 0.15) is 5.75 Å². The molecule has 1 aromatic carbocycles. The average molecular weight is 354 g/mol. The van der Waals surface area contributed by atoms with Gasteiger partial charge < -0.3 is 19.4 Å². The minimum atomic E-state index is -0.230. The number of nitrogens with zero attached hydrogens (tertiary/aromatic N) is 1. The number of nitrogens with one attached hydrogen (secondary N) is 1. The van der Waals surface area contributed by atoms with Gasteiger partial charge in [0.05, 0.1) is 18.8 Å². The number of para-hydroxylation sites is 1. The van der Waals surface area contributed by atoms with Gasteiger partial charge in [-0.3, -0.25) is 0 Å². The normalized spacial score (nSPS) is 21.5. The number of fused-ring (bicyclic) bond motifs is 2. The molecule has 0 amide bonds. The molecule has 5 nitrogen and oxygen atoms in total. The molecule has 0 aliphatic carbocycles. The van der Waals surface area contributed by atoms with E-state index in [-0.39, 0.29) is 18.1 Å². The maximum Gasteiger partial charge on any atom is 0.339 e. The highest BCUT2D eigenvalue weighted by Crippen LogP contribution is 2.35. The zero-order valence-corrected chi connectivity index (χ0v) is 15.5. The minimum absolute atomic E-state index is 0.189. The van der Waals surface area contributed by atoms with Gasteiger partial charge in [-0.15, -0.1) is 0 Å². The summed E-state index contributed by atoms with van der Waals surface area (Å²) in [6.45, 7) is 3.82. The molecule has 0 unspecified atom stereocenters. The molecule has 2 atom stereocenters. The second kappa shape index (κ2) is 7.16. The van der Waals surface area contributed by atoms with Crippen molar-refractivity contribution in [3.8, 4) is 5.75 Å². The van der Waals surface area contributed by atoms with Crippen LogP contribution in [-0.4, -0.2) is 23.8 Å². The van der Waals surface area contributed by atoms with Crippen molar-refractivity contribution >= 4 is 5.97 Å². The number of carbonyl (C=O) groups excluding carboxylic acids is 1. The van der Waals surface area contributed by atoms with E-state index in [1.165, 1.54) is 12.7 Å². The van der Waals surface area contributed by atoms with Gasteiger partial charge in [-0.25, -0.2) is 4.79 Å². The molecule has 26 heavy (non-hydrogen) atoms. The smallest absolute Gasteiger partial charge is 0.339 e. The SMILES string of the molecule is COC(=O)c1cc(CN[C@@H]2C[C@@H](C)Oc3ccccc32)n2c1CCCC2. The lowest BCUT2D eigenvalue weighted by atomic mass is 9.97. The number of rotatable bonds is 4. The van der Waals surface area contributed by atoms with Crippen LogP contribution in [0.3, 0.4) is 0 Å². The Kier molecular flexibility index (Phi) is 4.72. The van der Waals surface area contributed by atoms with Crippen molar-refractivity contribution in [3.63, 3.8) is 0 Å². The maximum absolute atomic E-state index is 12.1. The van der Waals surface area contributed by atoms with E-state index in [2.05, 4.69) is 28.9 Å². The van der Waals surface area contributed by atoms with Crippen LogP contribution in [0.4, 0.5) is 0 Å². The van der Waals surface area contributed by atoms with E-state index in [1.54, 1.807) is 0 Å². The molecule has 4 rings (SSSR count). The van der Waals surface area contributed by atoms with E-state index >= 15 is 0 Å². The number of methoxy groups -OCH3 is 1.